The molecule has 0 unspecified atom stereocenters. The number of non-ortho nitro benzene ring substituents is 1. The van der Waals surface area contributed by atoms with E-state index in [1.807, 2.05) is 17.5 Å². The van der Waals surface area contributed by atoms with Gasteiger partial charge in [-0.2, -0.15) is 0 Å². The summed E-state index contributed by atoms with van der Waals surface area (Å²) in [6, 6.07) is 13.7. The standard InChI is InChI=1S/C20H18N2O4S/c1-13(2)14-6-8-15(9-7-14)19-21-17(12-27-19)11-26-20(23)16-4-3-5-18(10-16)22(24)25/h3-10,12-13H,11H2,1-2H3. The lowest BCUT2D eigenvalue weighted by Gasteiger charge is -2.05. The van der Waals surface area contributed by atoms with Gasteiger partial charge in [0.25, 0.3) is 5.69 Å². The van der Waals surface area contributed by atoms with E-state index in [-0.39, 0.29) is 17.9 Å². The van der Waals surface area contributed by atoms with Crippen molar-refractivity contribution in [3.63, 3.8) is 0 Å². The van der Waals surface area contributed by atoms with Crippen LogP contribution in [-0.2, 0) is 11.3 Å². The quantitative estimate of drug-likeness (QED) is 0.332. The largest absolute Gasteiger partial charge is 0.456 e. The molecule has 0 bridgehead atoms. The highest BCUT2D eigenvalue weighted by atomic mass is 32.1. The highest BCUT2D eigenvalue weighted by Gasteiger charge is 2.14. The minimum absolute atomic E-state index is 0.0160. The molecular formula is C20H18N2O4S. The molecule has 138 valence electrons. The molecule has 0 spiro atoms. The molecule has 0 N–H and O–H groups in total. The van der Waals surface area contributed by atoms with E-state index in [4.69, 9.17) is 4.74 Å². The second kappa shape index (κ2) is 8.09. The summed E-state index contributed by atoms with van der Waals surface area (Å²) >= 11 is 1.48. The Morgan fingerprint density at radius 1 is 1.22 bits per heavy atom. The maximum Gasteiger partial charge on any atom is 0.338 e. The molecule has 0 radical (unpaired) electrons. The minimum atomic E-state index is -0.616. The van der Waals surface area contributed by atoms with E-state index in [1.165, 1.54) is 41.2 Å². The molecule has 1 aromatic heterocycles. The van der Waals surface area contributed by atoms with Crippen LogP contribution in [0.1, 0.15) is 41.4 Å². The lowest BCUT2D eigenvalue weighted by molar-refractivity contribution is -0.384. The fourth-order valence-electron chi connectivity index (χ4n) is 2.49. The topological polar surface area (TPSA) is 82.3 Å². The molecule has 6 nitrogen and oxygen atoms in total. The van der Waals surface area contributed by atoms with E-state index < -0.39 is 10.9 Å². The van der Waals surface area contributed by atoms with Crippen LogP contribution in [0, 0.1) is 10.1 Å². The van der Waals surface area contributed by atoms with Crippen molar-refractivity contribution in [3.05, 3.63) is 80.8 Å². The van der Waals surface area contributed by atoms with Gasteiger partial charge in [0.1, 0.15) is 11.6 Å². The Morgan fingerprint density at radius 2 is 1.96 bits per heavy atom. The maximum absolute atomic E-state index is 12.1. The third-order valence-electron chi connectivity index (χ3n) is 4.02. The van der Waals surface area contributed by atoms with Crippen molar-refractivity contribution < 1.29 is 14.5 Å². The number of rotatable bonds is 6. The van der Waals surface area contributed by atoms with Crippen molar-refractivity contribution in [1.29, 1.82) is 0 Å². The SMILES string of the molecule is CC(C)c1ccc(-c2nc(COC(=O)c3cccc([N+](=O)[O-])c3)cs2)cc1. The number of thiazole rings is 1. The number of esters is 1. The van der Waals surface area contributed by atoms with Crippen LogP contribution < -0.4 is 0 Å². The van der Waals surface area contributed by atoms with Crippen LogP contribution in [0.15, 0.2) is 53.9 Å². The number of carbonyl (C=O) groups excluding carboxylic acids is 1. The molecule has 0 aliphatic carbocycles. The van der Waals surface area contributed by atoms with Crippen molar-refractivity contribution in [2.45, 2.75) is 26.4 Å². The Labute approximate surface area is 160 Å². The zero-order valence-electron chi connectivity index (χ0n) is 14.9. The Hall–Kier alpha value is -3.06. The first kappa shape index (κ1) is 18.7. The first-order chi connectivity index (χ1) is 12.9. The van der Waals surface area contributed by atoms with E-state index in [1.54, 1.807) is 0 Å². The zero-order valence-corrected chi connectivity index (χ0v) is 15.7. The molecular weight excluding hydrogens is 364 g/mol. The first-order valence-electron chi connectivity index (χ1n) is 8.40. The molecule has 0 aliphatic rings. The molecule has 0 fully saturated rings. The third-order valence-corrected chi connectivity index (χ3v) is 4.96. The first-order valence-corrected chi connectivity index (χ1v) is 9.28. The van der Waals surface area contributed by atoms with Gasteiger partial charge in [-0.05, 0) is 17.5 Å². The Balaban J connectivity index is 1.65. The maximum atomic E-state index is 12.1. The third kappa shape index (κ3) is 4.57. The minimum Gasteiger partial charge on any atom is -0.456 e. The van der Waals surface area contributed by atoms with E-state index in [9.17, 15) is 14.9 Å². The smallest absolute Gasteiger partial charge is 0.338 e. The summed E-state index contributed by atoms with van der Waals surface area (Å²) in [5, 5.41) is 13.5. The van der Waals surface area contributed by atoms with Crippen LogP contribution >= 0.6 is 11.3 Å². The molecule has 7 heteroatoms. The number of carbonyl (C=O) groups is 1. The second-order valence-corrected chi connectivity index (χ2v) is 7.16. The van der Waals surface area contributed by atoms with E-state index in [0.29, 0.717) is 11.6 Å². The average Bonchev–Trinajstić information content (AvgIpc) is 3.15. The number of nitro benzene ring substituents is 1. The molecule has 3 rings (SSSR count). The fraction of sp³-hybridized carbons (Fsp3) is 0.200. The summed E-state index contributed by atoms with van der Waals surface area (Å²) in [5.74, 6) is -0.145. The lowest BCUT2D eigenvalue weighted by Crippen LogP contribution is -2.06. The van der Waals surface area contributed by atoms with Crippen molar-refractivity contribution in [3.8, 4) is 10.6 Å². The van der Waals surface area contributed by atoms with Crippen LogP contribution in [0.3, 0.4) is 0 Å². The predicted octanol–water partition coefficient (Wildman–Crippen LogP) is 5.20. The van der Waals surface area contributed by atoms with Crippen molar-refractivity contribution >= 4 is 23.0 Å². The van der Waals surface area contributed by atoms with Gasteiger partial charge in [-0.1, -0.05) is 44.2 Å². The number of nitro groups is 1. The summed E-state index contributed by atoms with van der Waals surface area (Å²) < 4.78 is 5.23. The summed E-state index contributed by atoms with van der Waals surface area (Å²) in [7, 11) is 0. The number of hydrogen-bond acceptors (Lipinski definition) is 6. The summed E-state index contributed by atoms with van der Waals surface area (Å²) in [6.07, 6.45) is 0. The van der Waals surface area contributed by atoms with Crippen LogP contribution in [-0.4, -0.2) is 15.9 Å². The Bertz CT molecular complexity index is 964. The normalized spacial score (nSPS) is 10.8. The molecule has 0 atom stereocenters. The van der Waals surface area contributed by atoms with Crippen molar-refractivity contribution in [2.24, 2.45) is 0 Å². The molecule has 0 saturated heterocycles. The van der Waals surface area contributed by atoms with Gasteiger partial charge in [-0.25, -0.2) is 9.78 Å². The van der Waals surface area contributed by atoms with Gasteiger partial charge in [-0.15, -0.1) is 11.3 Å². The molecule has 3 aromatic rings. The summed E-state index contributed by atoms with van der Waals surface area (Å²) in [6.45, 7) is 4.31. The molecule has 0 saturated carbocycles. The summed E-state index contributed by atoms with van der Waals surface area (Å²) in [4.78, 5) is 26.8. The van der Waals surface area contributed by atoms with Crippen molar-refractivity contribution in [2.75, 3.05) is 0 Å². The van der Waals surface area contributed by atoms with E-state index in [0.717, 1.165) is 10.6 Å². The van der Waals surface area contributed by atoms with Gasteiger partial charge in [-0.3, -0.25) is 10.1 Å². The molecule has 0 amide bonds. The lowest BCUT2D eigenvalue weighted by atomic mass is 10.0. The van der Waals surface area contributed by atoms with Gasteiger partial charge in [0, 0.05) is 23.1 Å². The van der Waals surface area contributed by atoms with Gasteiger partial charge < -0.3 is 4.74 Å². The molecule has 2 aromatic carbocycles. The second-order valence-electron chi connectivity index (χ2n) is 6.30. The number of aromatic nitrogens is 1. The average molecular weight is 382 g/mol. The number of ether oxygens (including phenoxy) is 1. The summed E-state index contributed by atoms with van der Waals surface area (Å²) in [5.41, 5.74) is 2.91. The number of benzene rings is 2. The monoisotopic (exact) mass is 382 g/mol. The van der Waals surface area contributed by atoms with Crippen LogP contribution in [0.2, 0.25) is 0 Å². The Morgan fingerprint density at radius 3 is 2.63 bits per heavy atom. The molecule has 1 heterocycles. The van der Waals surface area contributed by atoms with Crippen LogP contribution in [0.4, 0.5) is 5.69 Å². The Kier molecular flexibility index (Phi) is 5.61. The van der Waals surface area contributed by atoms with E-state index >= 15 is 0 Å². The fourth-order valence-corrected chi connectivity index (χ4v) is 3.30. The van der Waals surface area contributed by atoms with E-state index in [2.05, 4.69) is 31.0 Å². The van der Waals surface area contributed by atoms with Gasteiger partial charge >= 0.3 is 5.97 Å². The predicted molar refractivity (Wildman–Crippen MR) is 104 cm³/mol. The number of hydrogen-bond donors (Lipinski definition) is 0. The van der Waals surface area contributed by atoms with Crippen molar-refractivity contribution in [1.82, 2.24) is 4.98 Å². The zero-order chi connectivity index (χ0) is 19.4. The highest BCUT2D eigenvalue weighted by Crippen LogP contribution is 2.26. The van der Waals surface area contributed by atoms with Crippen LogP contribution in [0.25, 0.3) is 10.6 Å². The number of nitrogens with zero attached hydrogens (tertiary/aromatic N) is 2. The molecule has 27 heavy (non-hydrogen) atoms. The van der Waals surface area contributed by atoms with Gasteiger partial charge in [0.15, 0.2) is 0 Å². The van der Waals surface area contributed by atoms with Gasteiger partial charge in [0.05, 0.1) is 16.2 Å². The molecule has 0 aliphatic heterocycles. The van der Waals surface area contributed by atoms with Crippen LogP contribution in [0.5, 0.6) is 0 Å². The highest BCUT2D eigenvalue weighted by molar-refractivity contribution is 7.13. The van der Waals surface area contributed by atoms with Gasteiger partial charge in [0.2, 0.25) is 0 Å².